The molecule has 9 heteroatoms. The SMILES string of the molecule is COC(=O)CCN(C)S(=O)(=O)NN1CCN(C)CC1. The number of methoxy groups -OCH3 is 1. The Balaban J connectivity index is 2.44. The molecular weight excluding hydrogens is 272 g/mol. The average Bonchev–Trinajstić information content (AvgIpc) is 2.37. The Bertz CT molecular complexity index is 392. The van der Waals surface area contributed by atoms with Crippen LogP contribution in [0.4, 0.5) is 0 Å². The average molecular weight is 294 g/mol. The molecule has 1 N–H and O–H groups in total. The van der Waals surface area contributed by atoms with Crippen LogP contribution in [0.1, 0.15) is 6.42 Å². The van der Waals surface area contributed by atoms with Crippen molar-refractivity contribution in [3.8, 4) is 0 Å². The van der Waals surface area contributed by atoms with Crippen LogP contribution < -0.4 is 4.83 Å². The fourth-order valence-corrected chi connectivity index (χ4v) is 2.58. The first-order valence-corrected chi connectivity index (χ1v) is 7.53. The zero-order chi connectivity index (χ0) is 14.5. The van der Waals surface area contributed by atoms with E-state index in [1.165, 1.54) is 14.2 Å². The number of nitrogens with zero attached hydrogens (tertiary/aromatic N) is 3. The number of hydrogen-bond donors (Lipinski definition) is 1. The third-order valence-corrected chi connectivity index (χ3v) is 4.51. The summed E-state index contributed by atoms with van der Waals surface area (Å²) < 4.78 is 29.6. The standard InChI is InChI=1S/C10H22N4O4S/c1-12-6-8-14(9-7-12)11-19(16,17)13(2)5-4-10(15)18-3/h11H,4-9H2,1-3H3. The van der Waals surface area contributed by atoms with E-state index in [0.717, 1.165) is 17.4 Å². The first-order chi connectivity index (χ1) is 8.85. The molecule has 0 saturated carbocycles. The fraction of sp³-hybridized carbons (Fsp3) is 0.900. The molecule has 0 atom stereocenters. The van der Waals surface area contributed by atoms with E-state index >= 15 is 0 Å². The predicted octanol–water partition coefficient (Wildman–Crippen LogP) is -1.52. The van der Waals surface area contributed by atoms with Crippen LogP contribution in [-0.2, 0) is 19.7 Å². The summed E-state index contributed by atoms with van der Waals surface area (Å²) >= 11 is 0. The minimum atomic E-state index is -3.60. The number of ether oxygens (including phenoxy) is 1. The number of carbonyl (C=O) groups is 1. The lowest BCUT2D eigenvalue weighted by Crippen LogP contribution is -2.55. The van der Waals surface area contributed by atoms with E-state index in [9.17, 15) is 13.2 Å². The van der Waals surface area contributed by atoms with E-state index in [0.29, 0.717) is 13.1 Å². The third kappa shape index (κ3) is 5.41. The van der Waals surface area contributed by atoms with Gasteiger partial charge in [-0.1, -0.05) is 0 Å². The van der Waals surface area contributed by atoms with Gasteiger partial charge in [-0.05, 0) is 7.05 Å². The van der Waals surface area contributed by atoms with E-state index in [4.69, 9.17) is 0 Å². The van der Waals surface area contributed by atoms with Crippen molar-refractivity contribution in [2.24, 2.45) is 0 Å². The second-order valence-electron chi connectivity index (χ2n) is 4.53. The van der Waals surface area contributed by atoms with Crippen molar-refractivity contribution in [1.29, 1.82) is 0 Å². The zero-order valence-electron chi connectivity index (χ0n) is 11.6. The van der Waals surface area contributed by atoms with Gasteiger partial charge in [-0.2, -0.15) is 12.7 Å². The molecule has 1 saturated heterocycles. The van der Waals surface area contributed by atoms with Crippen LogP contribution in [0.15, 0.2) is 0 Å². The summed E-state index contributed by atoms with van der Waals surface area (Å²) in [7, 11) is 1.11. The van der Waals surface area contributed by atoms with Crippen molar-refractivity contribution in [2.45, 2.75) is 6.42 Å². The van der Waals surface area contributed by atoms with E-state index in [1.807, 2.05) is 7.05 Å². The van der Waals surface area contributed by atoms with Crippen molar-refractivity contribution in [3.05, 3.63) is 0 Å². The van der Waals surface area contributed by atoms with Gasteiger partial charge in [0.05, 0.1) is 13.5 Å². The number of esters is 1. The minimum absolute atomic E-state index is 0.0383. The van der Waals surface area contributed by atoms with Gasteiger partial charge in [0.1, 0.15) is 0 Å². The van der Waals surface area contributed by atoms with E-state index in [-0.39, 0.29) is 13.0 Å². The second-order valence-corrected chi connectivity index (χ2v) is 6.29. The van der Waals surface area contributed by atoms with Gasteiger partial charge >= 0.3 is 5.97 Å². The highest BCUT2D eigenvalue weighted by molar-refractivity contribution is 7.87. The second kappa shape index (κ2) is 7.15. The number of piperazine rings is 1. The van der Waals surface area contributed by atoms with Crippen LogP contribution in [0.3, 0.4) is 0 Å². The maximum absolute atomic E-state index is 12.0. The van der Waals surface area contributed by atoms with E-state index in [2.05, 4.69) is 14.5 Å². The van der Waals surface area contributed by atoms with Gasteiger partial charge < -0.3 is 9.64 Å². The van der Waals surface area contributed by atoms with Crippen molar-refractivity contribution in [2.75, 3.05) is 53.9 Å². The van der Waals surface area contributed by atoms with Gasteiger partial charge in [-0.25, -0.2) is 5.01 Å². The quantitative estimate of drug-likeness (QED) is 0.599. The van der Waals surface area contributed by atoms with Crippen molar-refractivity contribution < 1.29 is 17.9 Å². The highest BCUT2D eigenvalue weighted by Crippen LogP contribution is 2.01. The van der Waals surface area contributed by atoms with Crippen molar-refractivity contribution in [1.82, 2.24) is 19.0 Å². The molecule has 0 aromatic heterocycles. The molecule has 0 bridgehead atoms. The predicted molar refractivity (Wildman–Crippen MR) is 70.4 cm³/mol. The van der Waals surface area contributed by atoms with Crippen LogP contribution in [0.25, 0.3) is 0 Å². The van der Waals surface area contributed by atoms with Gasteiger partial charge in [-0.3, -0.25) is 4.79 Å². The molecule has 0 aromatic rings. The molecule has 112 valence electrons. The van der Waals surface area contributed by atoms with Gasteiger partial charge in [0.15, 0.2) is 0 Å². The number of carbonyl (C=O) groups excluding carboxylic acids is 1. The summed E-state index contributed by atoms with van der Waals surface area (Å²) in [4.78, 5) is 15.6. The monoisotopic (exact) mass is 294 g/mol. The Morgan fingerprint density at radius 3 is 2.42 bits per heavy atom. The molecule has 1 fully saturated rings. The van der Waals surface area contributed by atoms with Crippen LogP contribution in [-0.4, -0.2) is 82.5 Å². The summed E-state index contributed by atoms with van der Waals surface area (Å²) in [5.41, 5.74) is 0. The summed E-state index contributed by atoms with van der Waals surface area (Å²) in [5, 5.41) is 1.67. The molecule has 0 radical (unpaired) electrons. The number of likely N-dealkylation sites (N-methyl/N-ethyl adjacent to an activating group) is 1. The van der Waals surface area contributed by atoms with E-state index in [1.54, 1.807) is 5.01 Å². The molecule has 0 aliphatic carbocycles. The maximum Gasteiger partial charge on any atom is 0.306 e. The Labute approximate surface area is 114 Å². The summed E-state index contributed by atoms with van der Waals surface area (Å²) in [6, 6.07) is 0. The Morgan fingerprint density at radius 1 is 1.32 bits per heavy atom. The molecular formula is C10H22N4O4S. The summed E-state index contributed by atoms with van der Waals surface area (Å²) in [6.45, 7) is 3.00. The Morgan fingerprint density at radius 2 is 1.89 bits per heavy atom. The lowest BCUT2D eigenvalue weighted by molar-refractivity contribution is -0.140. The number of rotatable bonds is 6. The largest absolute Gasteiger partial charge is 0.469 e. The number of nitrogens with one attached hydrogen (secondary N) is 1. The molecule has 1 heterocycles. The smallest absolute Gasteiger partial charge is 0.306 e. The van der Waals surface area contributed by atoms with Crippen LogP contribution in [0, 0.1) is 0 Å². The fourth-order valence-electron chi connectivity index (χ4n) is 1.60. The molecule has 0 spiro atoms. The highest BCUT2D eigenvalue weighted by atomic mass is 32.2. The Kier molecular flexibility index (Phi) is 6.14. The summed E-state index contributed by atoms with van der Waals surface area (Å²) in [5.74, 6) is -0.429. The minimum Gasteiger partial charge on any atom is -0.469 e. The molecule has 8 nitrogen and oxygen atoms in total. The van der Waals surface area contributed by atoms with Gasteiger partial charge in [0, 0.05) is 39.8 Å². The molecule has 0 amide bonds. The molecule has 19 heavy (non-hydrogen) atoms. The number of hydrogen-bond acceptors (Lipinski definition) is 6. The molecule has 0 aromatic carbocycles. The van der Waals surface area contributed by atoms with Crippen LogP contribution >= 0.6 is 0 Å². The normalized spacial score (nSPS) is 18.7. The van der Waals surface area contributed by atoms with Crippen molar-refractivity contribution >= 4 is 16.2 Å². The first kappa shape index (κ1) is 16.3. The van der Waals surface area contributed by atoms with Gasteiger partial charge in [0.2, 0.25) is 0 Å². The van der Waals surface area contributed by atoms with Crippen LogP contribution in [0.5, 0.6) is 0 Å². The molecule has 1 aliphatic heterocycles. The van der Waals surface area contributed by atoms with Gasteiger partial charge in [0.25, 0.3) is 10.2 Å². The number of hydrazine groups is 1. The lowest BCUT2D eigenvalue weighted by Gasteiger charge is -2.33. The first-order valence-electron chi connectivity index (χ1n) is 6.09. The maximum atomic E-state index is 12.0. The topological polar surface area (TPSA) is 82.2 Å². The van der Waals surface area contributed by atoms with Gasteiger partial charge in [-0.15, -0.1) is 4.83 Å². The molecule has 1 rings (SSSR count). The van der Waals surface area contributed by atoms with E-state index < -0.39 is 16.2 Å². The molecule has 1 aliphatic rings. The Hall–Kier alpha value is -0.740. The summed E-state index contributed by atoms with van der Waals surface area (Å²) in [6.07, 6.45) is 0.0383. The molecule has 0 unspecified atom stereocenters. The van der Waals surface area contributed by atoms with Crippen LogP contribution in [0.2, 0.25) is 0 Å². The third-order valence-electron chi connectivity index (χ3n) is 3.02. The lowest BCUT2D eigenvalue weighted by atomic mass is 10.4. The van der Waals surface area contributed by atoms with Crippen molar-refractivity contribution in [3.63, 3.8) is 0 Å². The zero-order valence-corrected chi connectivity index (χ0v) is 12.4. The highest BCUT2D eigenvalue weighted by Gasteiger charge is 2.23.